The van der Waals surface area contributed by atoms with E-state index in [1.54, 1.807) is 6.20 Å². The molecule has 0 aromatic heterocycles. The number of nitrogens with one attached hydrogen (secondary N) is 1. The minimum atomic E-state index is 0.268. The van der Waals surface area contributed by atoms with Gasteiger partial charge in [-0.25, -0.2) is 0 Å². The predicted octanol–water partition coefficient (Wildman–Crippen LogP) is 1.37. The molecule has 1 aromatic rings. The Kier molecular flexibility index (Phi) is 4.30. The number of hydrogen-bond donors (Lipinski definition) is 2. The highest BCUT2D eigenvalue weighted by atomic mass is 16.5. The molecule has 2 bridgehead atoms. The zero-order valence-electron chi connectivity index (χ0n) is 12.4. The van der Waals surface area contributed by atoms with Gasteiger partial charge in [-0.3, -0.25) is 0 Å². The van der Waals surface area contributed by atoms with Crippen LogP contribution in [-0.4, -0.2) is 18.2 Å². The van der Waals surface area contributed by atoms with Crippen molar-refractivity contribution in [1.29, 1.82) is 0 Å². The Morgan fingerprint density at radius 1 is 1.24 bits per heavy atom. The summed E-state index contributed by atoms with van der Waals surface area (Å²) in [7, 11) is 0. The van der Waals surface area contributed by atoms with Crippen molar-refractivity contribution in [1.82, 2.24) is 5.32 Å². The first kappa shape index (κ1) is 14.2. The van der Waals surface area contributed by atoms with Crippen LogP contribution in [-0.2, 0) is 4.74 Å². The van der Waals surface area contributed by atoms with E-state index in [2.05, 4.69) is 11.9 Å². The number of piperidine rings is 2. The molecule has 3 rings (SSSR count). The number of fused-ring (bicyclic) bond motifs is 2. The Balaban J connectivity index is 1.72. The molecule has 21 heavy (non-hydrogen) atoms. The quantitative estimate of drug-likeness (QED) is 0.824. The normalized spacial score (nSPS) is 30.2. The molecular weight excluding hydrogens is 260 g/mol. The lowest BCUT2D eigenvalue weighted by Gasteiger charge is -2.40. The van der Waals surface area contributed by atoms with Crippen LogP contribution >= 0.6 is 0 Å². The van der Waals surface area contributed by atoms with E-state index >= 15 is 0 Å². The molecule has 3 heteroatoms. The second kappa shape index (κ2) is 6.35. The van der Waals surface area contributed by atoms with Crippen molar-refractivity contribution in [3.8, 4) is 0 Å². The molecule has 0 aliphatic carbocycles. The minimum Gasteiger partial charge on any atom is -0.489 e. The Morgan fingerprint density at radius 3 is 2.62 bits per heavy atom. The fourth-order valence-corrected chi connectivity index (χ4v) is 3.45. The van der Waals surface area contributed by atoms with Gasteiger partial charge in [-0.1, -0.05) is 37.3 Å². The number of hydrogen-bond acceptors (Lipinski definition) is 3. The van der Waals surface area contributed by atoms with Crippen molar-refractivity contribution in [2.24, 2.45) is 5.73 Å². The van der Waals surface area contributed by atoms with E-state index in [4.69, 9.17) is 10.5 Å². The predicted molar refractivity (Wildman–Crippen MR) is 86.6 cm³/mol. The Labute approximate surface area is 126 Å². The molecule has 2 saturated heterocycles. The van der Waals surface area contributed by atoms with Crippen LogP contribution in [0.2, 0.25) is 0 Å². The zero-order chi connectivity index (χ0) is 14.7. The molecule has 1 aromatic carbocycles. The SMILES string of the molecule is C=c1cccc/c1=C/C(=C\N)O[C@@H]1C[C@H]2CCC[C@@H](C1)N2. The van der Waals surface area contributed by atoms with Gasteiger partial charge >= 0.3 is 0 Å². The lowest BCUT2D eigenvalue weighted by atomic mass is 9.85. The van der Waals surface area contributed by atoms with Gasteiger partial charge < -0.3 is 15.8 Å². The van der Waals surface area contributed by atoms with Gasteiger partial charge in [0, 0.05) is 18.3 Å². The minimum absolute atomic E-state index is 0.268. The topological polar surface area (TPSA) is 47.3 Å². The number of benzene rings is 1. The first-order valence-corrected chi connectivity index (χ1v) is 7.85. The van der Waals surface area contributed by atoms with Crippen LogP contribution in [0.3, 0.4) is 0 Å². The van der Waals surface area contributed by atoms with Gasteiger partial charge in [0.2, 0.25) is 0 Å². The first-order valence-electron chi connectivity index (χ1n) is 7.85. The summed E-state index contributed by atoms with van der Waals surface area (Å²) in [6, 6.07) is 9.24. The van der Waals surface area contributed by atoms with Gasteiger partial charge in [-0.05, 0) is 42.2 Å². The smallest absolute Gasteiger partial charge is 0.135 e. The van der Waals surface area contributed by atoms with Crippen LogP contribution in [0.4, 0.5) is 0 Å². The molecule has 112 valence electrons. The maximum absolute atomic E-state index is 6.15. The van der Waals surface area contributed by atoms with Crippen molar-refractivity contribution < 1.29 is 4.74 Å². The van der Waals surface area contributed by atoms with E-state index < -0.39 is 0 Å². The summed E-state index contributed by atoms with van der Waals surface area (Å²) in [4.78, 5) is 0. The van der Waals surface area contributed by atoms with E-state index in [1.807, 2.05) is 30.3 Å². The average molecular weight is 284 g/mol. The molecule has 3 N–H and O–H groups in total. The van der Waals surface area contributed by atoms with Gasteiger partial charge in [-0.15, -0.1) is 0 Å². The maximum Gasteiger partial charge on any atom is 0.135 e. The molecule has 0 unspecified atom stereocenters. The van der Waals surface area contributed by atoms with E-state index in [-0.39, 0.29) is 6.10 Å². The number of rotatable bonds is 3. The zero-order valence-corrected chi connectivity index (χ0v) is 12.4. The van der Waals surface area contributed by atoms with E-state index in [9.17, 15) is 0 Å². The van der Waals surface area contributed by atoms with Crippen LogP contribution in [0.1, 0.15) is 32.1 Å². The summed E-state index contributed by atoms with van der Waals surface area (Å²) in [5, 5.41) is 5.73. The third-order valence-corrected chi connectivity index (χ3v) is 4.49. The molecule has 2 fully saturated rings. The Morgan fingerprint density at radius 2 is 1.95 bits per heavy atom. The van der Waals surface area contributed by atoms with Crippen LogP contribution in [0, 0.1) is 0 Å². The maximum atomic E-state index is 6.15. The Hall–Kier alpha value is -1.74. The molecule has 0 saturated carbocycles. The molecule has 2 aliphatic heterocycles. The fraction of sp³-hybridized carbons (Fsp3) is 0.444. The average Bonchev–Trinajstić information content (AvgIpc) is 2.48. The molecule has 0 radical (unpaired) electrons. The van der Waals surface area contributed by atoms with Crippen LogP contribution < -0.4 is 21.5 Å². The van der Waals surface area contributed by atoms with Crippen LogP contribution in [0.25, 0.3) is 12.7 Å². The first-order chi connectivity index (χ1) is 10.2. The highest BCUT2D eigenvalue weighted by molar-refractivity contribution is 5.43. The van der Waals surface area contributed by atoms with Crippen molar-refractivity contribution in [3.05, 3.63) is 46.7 Å². The number of nitrogens with two attached hydrogens (primary N) is 1. The molecule has 2 heterocycles. The largest absolute Gasteiger partial charge is 0.489 e. The van der Waals surface area contributed by atoms with Gasteiger partial charge in [0.15, 0.2) is 0 Å². The standard InChI is InChI=1S/C18H24N2O/c1-13-5-2-3-6-14(13)9-18(12-19)21-17-10-15-7-4-8-16(11-17)20-15/h2-3,5-6,9,12,15-17,20H,1,4,7-8,10-11,19H2/b14-9-,18-12+/t15-,16+,17-. The van der Waals surface area contributed by atoms with E-state index in [0.717, 1.165) is 29.0 Å². The van der Waals surface area contributed by atoms with E-state index in [0.29, 0.717) is 12.1 Å². The summed E-state index contributed by atoms with van der Waals surface area (Å²) >= 11 is 0. The van der Waals surface area contributed by atoms with Crippen molar-refractivity contribution in [2.75, 3.05) is 0 Å². The third kappa shape index (κ3) is 3.48. The fourth-order valence-electron chi connectivity index (χ4n) is 3.45. The number of allylic oxidation sites excluding steroid dienone is 1. The summed E-state index contributed by atoms with van der Waals surface area (Å²) in [6.07, 6.45) is 9.85. The van der Waals surface area contributed by atoms with Gasteiger partial charge in [0.25, 0.3) is 0 Å². The highest BCUT2D eigenvalue weighted by Crippen LogP contribution is 2.28. The third-order valence-electron chi connectivity index (χ3n) is 4.49. The number of ether oxygens (including phenoxy) is 1. The molecule has 3 nitrogen and oxygen atoms in total. The molecule has 2 aliphatic rings. The lowest BCUT2D eigenvalue weighted by molar-refractivity contribution is 0.0495. The van der Waals surface area contributed by atoms with Crippen molar-refractivity contribution in [2.45, 2.75) is 50.3 Å². The van der Waals surface area contributed by atoms with E-state index in [1.165, 1.54) is 19.3 Å². The second-order valence-electron chi connectivity index (χ2n) is 6.11. The molecular formula is C18H24N2O. The van der Waals surface area contributed by atoms with Crippen molar-refractivity contribution >= 4 is 12.7 Å². The Bertz CT molecular complexity index is 610. The summed E-state index contributed by atoms with van der Waals surface area (Å²) in [5.74, 6) is 0.746. The van der Waals surface area contributed by atoms with Gasteiger partial charge in [0.1, 0.15) is 11.9 Å². The molecule has 3 atom stereocenters. The molecule has 0 spiro atoms. The highest BCUT2D eigenvalue weighted by Gasteiger charge is 2.32. The van der Waals surface area contributed by atoms with Crippen LogP contribution in [0.5, 0.6) is 0 Å². The van der Waals surface area contributed by atoms with Crippen LogP contribution in [0.15, 0.2) is 36.2 Å². The lowest BCUT2D eigenvalue weighted by Crippen LogP contribution is -2.50. The van der Waals surface area contributed by atoms with Crippen molar-refractivity contribution in [3.63, 3.8) is 0 Å². The second-order valence-corrected chi connectivity index (χ2v) is 6.11. The van der Waals surface area contributed by atoms with Gasteiger partial charge in [0.05, 0.1) is 0 Å². The summed E-state index contributed by atoms with van der Waals surface area (Å²) < 4.78 is 6.15. The van der Waals surface area contributed by atoms with Gasteiger partial charge in [-0.2, -0.15) is 0 Å². The summed E-state index contributed by atoms with van der Waals surface area (Å²) in [5.41, 5.74) is 5.75. The monoisotopic (exact) mass is 284 g/mol. The summed E-state index contributed by atoms with van der Waals surface area (Å²) in [6.45, 7) is 4.04. The molecule has 0 amide bonds.